The van der Waals surface area contributed by atoms with E-state index in [0.29, 0.717) is 12.1 Å². The van der Waals surface area contributed by atoms with Crippen molar-refractivity contribution < 1.29 is 24.0 Å². The molecule has 4 bridgehead atoms. The van der Waals surface area contributed by atoms with Gasteiger partial charge in [0.05, 0.1) is 24.1 Å². The number of hydrogen-bond acceptors (Lipinski definition) is 6. The fourth-order valence-corrected chi connectivity index (χ4v) is 6.15. The van der Waals surface area contributed by atoms with Gasteiger partial charge in [-0.25, -0.2) is 4.79 Å². The summed E-state index contributed by atoms with van der Waals surface area (Å²) < 4.78 is 10.8. The summed E-state index contributed by atoms with van der Waals surface area (Å²) in [5.74, 6) is -0.919. The number of carbonyl (C=O) groups is 2. The maximum absolute atomic E-state index is 12.7. The molecule has 0 unspecified atom stereocenters. The standard InChI is InChI=1S/C25H30N2O6/c1-6-25-14-26(23(29)32-5)21-17(13-33-22(28)24(2,3)4)18(25)12-11-16(20(21)25)15-9-7-8-10-19(15)27(30)31/h6-12,16-18,20-21H,1,13-14H2,2-5H3/t16-,17-,18+,20-,21+,25-/m0/s1. The minimum Gasteiger partial charge on any atom is -0.465 e. The van der Waals surface area contributed by atoms with Crippen molar-refractivity contribution in [2.45, 2.75) is 32.7 Å². The topological polar surface area (TPSA) is 99.0 Å². The number of carbonyl (C=O) groups excluding carboxylic acids is 2. The summed E-state index contributed by atoms with van der Waals surface area (Å²) in [5.41, 5.74) is -0.483. The van der Waals surface area contributed by atoms with Gasteiger partial charge < -0.3 is 14.4 Å². The first-order chi connectivity index (χ1) is 15.6. The van der Waals surface area contributed by atoms with Crippen LogP contribution < -0.4 is 0 Å². The van der Waals surface area contributed by atoms with Gasteiger partial charge in [0.25, 0.3) is 5.69 Å². The molecule has 1 aromatic carbocycles. The molecular weight excluding hydrogens is 424 g/mol. The van der Waals surface area contributed by atoms with E-state index in [9.17, 15) is 19.7 Å². The molecule has 1 aliphatic heterocycles. The van der Waals surface area contributed by atoms with Gasteiger partial charge in [-0.1, -0.05) is 36.4 Å². The quantitative estimate of drug-likeness (QED) is 0.284. The molecule has 0 spiro atoms. The molecule has 1 aromatic rings. The molecule has 0 aromatic heterocycles. The first kappa shape index (κ1) is 23.0. The van der Waals surface area contributed by atoms with Crippen LogP contribution in [-0.2, 0) is 14.3 Å². The average molecular weight is 455 g/mol. The number of piperidine rings is 1. The molecule has 6 atom stereocenters. The number of hydrogen-bond donors (Lipinski definition) is 0. The van der Waals surface area contributed by atoms with Crippen molar-refractivity contribution in [3.8, 4) is 0 Å². The predicted octanol–water partition coefficient (Wildman–Crippen LogP) is 4.32. The maximum atomic E-state index is 12.7. The van der Waals surface area contributed by atoms with Crippen LogP contribution in [0, 0.1) is 38.7 Å². The molecule has 1 heterocycles. The van der Waals surface area contributed by atoms with Crippen molar-refractivity contribution in [2.24, 2.45) is 28.6 Å². The van der Waals surface area contributed by atoms with Gasteiger partial charge in [-0.2, -0.15) is 0 Å². The van der Waals surface area contributed by atoms with Crippen molar-refractivity contribution in [1.82, 2.24) is 4.90 Å². The molecule has 33 heavy (non-hydrogen) atoms. The fraction of sp³-hybridized carbons (Fsp3) is 0.520. The summed E-state index contributed by atoms with van der Waals surface area (Å²) in [5, 5.41) is 11.8. The lowest BCUT2D eigenvalue weighted by Crippen LogP contribution is -2.49. The number of nitro groups is 1. The zero-order valence-electron chi connectivity index (χ0n) is 19.4. The second-order valence-electron chi connectivity index (χ2n) is 10.2. The molecule has 176 valence electrons. The Morgan fingerprint density at radius 2 is 2.00 bits per heavy atom. The SMILES string of the molecule is C=C[C@]12CN(C(=O)OC)[C@@H]3[C@@H](COC(=O)C(C)(C)C)[C@H]1C=C[C@@H](c1ccccc1[N+](=O)[O-])[C@@H]32. The Kier molecular flexibility index (Phi) is 5.58. The number of benzene rings is 1. The number of amides is 1. The van der Waals surface area contributed by atoms with Gasteiger partial charge in [0.15, 0.2) is 0 Å². The third kappa shape index (κ3) is 3.43. The van der Waals surface area contributed by atoms with Crippen molar-refractivity contribution in [3.05, 3.63) is 64.8 Å². The number of nitro benzene ring substituents is 1. The van der Waals surface area contributed by atoms with Crippen molar-refractivity contribution in [2.75, 3.05) is 20.3 Å². The molecule has 2 fully saturated rings. The van der Waals surface area contributed by atoms with Gasteiger partial charge in [0, 0.05) is 47.4 Å². The number of esters is 1. The number of rotatable bonds is 5. The molecule has 1 saturated heterocycles. The normalized spacial score (nSPS) is 31.9. The van der Waals surface area contributed by atoms with E-state index in [4.69, 9.17) is 9.47 Å². The van der Waals surface area contributed by atoms with E-state index in [1.54, 1.807) is 43.9 Å². The largest absolute Gasteiger partial charge is 0.465 e. The van der Waals surface area contributed by atoms with Gasteiger partial charge in [-0.05, 0) is 26.7 Å². The van der Waals surface area contributed by atoms with Crippen molar-refractivity contribution >= 4 is 17.7 Å². The van der Waals surface area contributed by atoms with Crippen LogP contribution in [0.4, 0.5) is 10.5 Å². The highest BCUT2D eigenvalue weighted by Gasteiger charge is 2.69. The monoisotopic (exact) mass is 454 g/mol. The summed E-state index contributed by atoms with van der Waals surface area (Å²) in [4.78, 5) is 38.3. The molecule has 3 aliphatic rings. The Morgan fingerprint density at radius 1 is 1.30 bits per heavy atom. The highest BCUT2D eigenvalue weighted by Crippen LogP contribution is 2.66. The lowest BCUT2D eigenvalue weighted by atomic mass is 9.63. The molecule has 8 nitrogen and oxygen atoms in total. The molecule has 1 saturated carbocycles. The zero-order chi connectivity index (χ0) is 24.1. The van der Waals surface area contributed by atoms with E-state index >= 15 is 0 Å². The summed E-state index contributed by atoms with van der Waals surface area (Å²) in [6.45, 7) is 10.1. The highest BCUT2D eigenvalue weighted by molar-refractivity contribution is 5.75. The number of ether oxygens (including phenoxy) is 2. The van der Waals surface area contributed by atoms with Crippen LogP contribution in [0.3, 0.4) is 0 Å². The maximum Gasteiger partial charge on any atom is 0.409 e. The Bertz CT molecular complexity index is 1030. The van der Waals surface area contributed by atoms with Crippen LogP contribution in [0.25, 0.3) is 0 Å². The van der Waals surface area contributed by atoms with E-state index in [0.717, 1.165) is 0 Å². The van der Waals surface area contributed by atoms with Gasteiger partial charge in [0.1, 0.15) is 0 Å². The first-order valence-corrected chi connectivity index (χ1v) is 11.1. The number of allylic oxidation sites excluding steroid dienone is 2. The molecular formula is C25H30N2O6. The lowest BCUT2D eigenvalue weighted by molar-refractivity contribution is -0.385. The lowest BCUT2D eigenvalue weighted by Gasteiger charge is -2.42. The number of para-hydroxylation sites is 1. The molecule has 0 N–H and O–H groups in total. The molecule has 1 amide bonds. The zero-order valence-corrected chi connectivity index (χ0v) is 19.4. The third-order valence-corrected chi connectivity index (χ3v) is 7.53. The van der Waals surface area contributed by atoms with E-state index in [1.807, 2.05) is 12.2 Å². The van der Waals surface area contributed by atoms with Crippen LogP contribution in [-0.4, -0.2) is 48.2 Å². The van der Waals surface area contributed by atoms with Gasteiger partial charge >= 0.3 is 12.1 Å². The van der Waals surface area contributed by atoms with Gasteiger partial charge in [-0.15, -0.1) is 6.58 Å². The second-order valence-corrected chi connectivity index (χ2v) is 10.2. The van der Waals surface area contributed by atoms with E-state index in [1.165, 1.54) is 13.2 Å². The van der Waals surface area contributed by atoms with Crippen LogP contribution >= 0.6 is 0 Å². The van der Waals surface area contributed by atoms with Gasteiger partial charge in [-0.3, -0.25) is 14.9 Å². The van der Waals surface area contributed by atoms with Crippen LogP contribution in [0.15, 0.2) is 49.1 Å². The average Bonchev–Trinajstić information content (AvgIpc) is 3.20. The smallest absolute Gasteiger partial charge is 0.409 e. The summed E-state index contributed by atoms with van der Waals surface area (Å²) in [6.07, 6.45) is 5.51. The Balaban J connectivity index is 1.78. The predicted molar refractivity (Wildman–Crippen MR) is 121 cm³/mol. The minimum absolute atomic E-state index is 0.00214. The summed E-state index contributed by atoms with van der Waals surface area (Å²) >= 11 is 0. The van der Waals surface area contributed by atoms with Crippen LogP contribution in [0.1, 0.15) is 32.3 Å². The molecule has 8 heteroatoms. The molecule has 4 rings (SSSR count). The minimum atomic E-state index is -0.645. The number of nitrogens with zero attached hydrogens (tertiary/aromatic N) is 2. The van der Waals surface area contributed by atoms with Crippen LogP contribution in [0.2, 0.25) is 0 Å². The van der Waals surface area contributed by atoms with Crippen molar-refractivity contribution in [1.29, 1.82) is 0 Å². The number of likely N-dealkylation sites (tertiary alicyclic amines) is 1. The summed E-state index contributed by atoms with van der Waals surface area (Å²) in [7, 11) is 1.34. The van der Waals surface area contributed by atoms with E-state index < -0.39 is 16.9 Å². The fourth-order valence-electron chi connectivity index (χ4n) is 6.15. The molecule has 0 radical (unpaired) electrons. The summed E-state index contributed by atoms with van der Waals surface area (Å²) in [6, 6.07) is 6.42. The first-order valence-electron chi connectivity index (χ1n) is 11.1. The Labute approximate surface area is 193 Å². The highest BCUT2D eigenvalue weighted by atomic mass is 16.6. The van der Waals surface area contributed by atoms with Crippen LogP contribution in [0.5, 0.6) is 0 Å². The van der Waals surface area contributed by atoms with E-state index in [-0.39, 0.29) is 52.9 Å². The number of methoxy groups -OCH3 is 1. The van der Waals surface area contributed by atoms with E-state index in [2.05, 4.69) is 12.7 Å². The molecule has 2 aliphatic carbocycles. The second kappa shape index (κ2) is 8.01. The van der Waals surface area contributed by atoms with Gasteiger partial charge in [0.2, 0.25) is 0 Å². The Hall–Kier alpha value is -3.16. The Morgan fingerprint density at radius 3 is 2.61 bits per heavy atom. The van der Waals surface area contributed by atoms with Crippen molar-refractivity contribution in [3.63, 3.8) is 0 Å². The third-order valence-electron chi connectivity index (χ3n) is 7.53.